The molecule has 1 aromatic heterocycles. The topological polar surface area (TPSA) is 33.2 Å². The number of halogens is 3. The van der Waals surface area contributed by atoms with Gasteiger partial charge in [0, 0.05) is 25.5 Å². The summed E-state index contributed by atoms with van der Waals surface area (Å²) < 4.78 is 38.9. The first-order valence-electron chi connectivity index (χ1n) is 6.62. The van der Waals surface area contributed by atoms with Gasteiger partial charge in [0.1, 0.15) is 0 Å². The third-order valence-corrected chi connectivity index (χ3v) is 3.24. The van der Waals surface area contributed by atoms with E-state index in [1.54, 1.807) is 19.1 Å². The van der Waals surface area contributed by atoms with Gasteiger partial charge in [-0.25, -0.2) is 0 Å². The predicted octanol–water partition coefficient (Wildman–Crippen LogP) is 3.68. The molecule has 0 fully saturated rings. The van der Waals surface area contributed by atoms with Gasteiger partial charge < -0.3 is 4.90 Å². The molecular weight excluding hydrogens is 293 g/mol. The lowest BCUT2D eigenvalue weighted by molar-refractivity contribution is -0.138. The van der Waals surface area contributed by atoms with Gasteiger partial charge in [-0.1, -0.05) is 18.2 Å². The molecule has 22 heavy (non-hydrogen) atoms. The molecule has 0 bridgehead atoms. The van der Waals surface area contributed by atoms with Crippen molar-refractivity contribution in [1.82, 2.24) is 9.88 Å². The largest absolute Gasteiger partial charge is 0.416 e. The highest BCUT2D eigenvalue weighted by molar-refractivity contribution is 5.93. The number of rotatable bonds is 3. The maximum Gasteiger partial charge on any atom is 0.416 e. The van der Waals surface area contributed by atoms with Crippen molar-refractivity contribution in [2.75, 3.05) is 7.05 Å². The van der Waals surface area contributed by atoms with Crippen LogP contribution in [0.2, 0.25) is 0 Å². The summed E-state index contributed by atoms with van der Waals surface area (Å²) in [6.45, 7) is 1.67. The number of amides is 1. The molecule has 0 N–H and O–H groups in total. The second kappa shape index (κ2) is 6.17. The molecule has 0 aliphatic rings. The molecular formula is C16H15F3N2O. The first-order valence-corrected chi connectivity index (χ1v) is 6.62. The standard InChI is InChI=1S/C16H15F3N2O/c1-11-7-8-12(9-20-11)15(22)21(2)10-13-5-3-4-6-14(13)16(17,18)19/h3-9H,10H2,1-2H3. The average Bonchev–Trinajstić information content (AvgIpc) is 2.46. The Labute approximate surface area is 126 Å². The van der Waals surface area contributed by atoms with Crippen LogP contribution < -0.4 is 0 Å². The lowest BCUT2D eigenvalue weighted by atomic mass is 10.1. The van der Waals surface area contributed by atoms with E-state index < -0.39 is 11.7 Å². The van der Waals surface area contributed by atoms with E-state index in [-0.39, 0.29) is 18.0 Å². The summed E-state index contributed by atoms with van der Waals surface area (Å²) in [4.78, 5) is 17.5. The number of aryl methyl sites for hydroxylation is 1. The van der Waals surface area contributed by atoms with Crippen molar-refractivity contribution in [2.45, 2.75) is 19.6 Å². The number of pyridine rings is 1. The van der Waals surface area contributed by atoms with Crippen LogP contribution in [0.1, 0.15) is 27.2 Å². The minimum absolute atomic E-state index is 0.0610. The Morgan fingerprint density at radius 3 is 2.45 bits per heavy atom. The SMILES string of the molecule is Cc1ccc(C(=O)N(C)Cc2ccccc2C(F)(F)F)cn1. The van der Waals surface area contributed by atoms with Crippen LogP contribution in [0.25, 0.3) is 0 Å². The first-order chi connectivity index (χ1) is 10.3. The predicted molar refractivity (Wildman–Crippen MR) is 76.2 cm³/mol. The fourth-order valence-corrected chi connectivity index (χ4v) is 2.08. The number of alkyl halides is 3. The number of benzene rings is 1. The Bertz CT molecular complexity index is 666. The van der Waals surface area contributed by atoms with Crippen LogP contribution in [-0.2, 0) is 12.7 Å². The minimum atomic E-state index is -4.44. The summed E-state index contributed by atoms with van der Waals surface area (Å²) in [5.41, 5.74) is 0.446. The van der Waals surface area contributed by atoms with Gasteiger partial charge in [0.05, 0.1) is 11.1 Å². The van der Waals surface area contributed by atoms with Gasteiger partial charge in [-0.05, 0) is 30.7 Å². The van der Waals surface area contributed by atoms with E-state index in [9.17, 15) is 18.0 Å². The Balaban J connectivity index is 2.20. The molecule has 0 aliphatic heterocycles. The second-order valence-electron chi connectivity index (χ2n) is 5.00. The molecule has 1 aromatic carbocycles. The van der Waals surface area contributed by atoms with E-state index in [4.69, 9.17) is 0 Å². The van der Waals surface area contributed by atoms with Crippen molar-refractivity contribution in [1.29, 1.82) is 0 Å². The molecule has 1 heterocycles. The van der Waals surface area contributed by atoms with Gasteiger partial charge in [-0.3, -0.25) is 9.78 Å². The molecule has 0 saturated heterocycles. The van der Waals surface area contributed by atoms with Gasteiger partial charge in [-0.2, -0.15) is 13.2 Å². The van der Waals surface area contributed by atoms with Crippen molar-refractivity contribution in [2.24, 2.45) is 0 Å². The van der Waals surface area contributed by atoms with Crippen molar-refractivity contribution < 1.29 is 18.0 Å². The molecule has 0 spiro atoms. The normalized spacial score (nSPS) is 11.3. The zero-order valence-electron chi connectivity index (χ0n) is 12.2. The van der Waals surface area contributed by atoms with Gasteiger partial charge in [-0.15, -0.1) is 0 Å². The third-order valence-electron chi connectivity index (χ3n) is 3.24. The molecule has 0 saturated carbocycles. The van der Waals surface area contributed by atoms with E-state index in [1.807, 2.05) is 0 Å². The summed E-state index contributed by atoms with van der Waals surface area (Å²) in [5.74, 6) is -0.371. The van der Waals surface area contributed by atoms with Crippen molar-refractivity contribution in [3.8, 4) is 0 Å². The monoisotopic (exact) mass is 308 g/mol. The summed E-state index contributed by atoms with van der Waals surface area (Å²) in [7, 11) is 1.47. The van der Waals surface area contributed by atoms with Crippen LogP contribution in [0.4, 0.5) is 13.2 Å². The maximum absolute atomic E-state index is 13.0. The van der Waals surface area contributed by atoms with E-state index >= 15 is 0 Å². The Morgan fingerprint density at radius 1 is 1.18 bits per heavy atom. The summed E-state index contributed by atoms with van der Waals surface area (Å²) >= 11 is 0. The van der Waals surface area contributed by atoms with E-state index in [2.05, 4.69) is 4.98 Å². The molecule has 6 heteroatoms. The summed E-state index contributed by atoms with van der Waals surface area (Å²) in [6.07, 6.45) is -3.02. The van der Waals surface area contributed by atoms with E-state index in [0.717, 1.165) is 11.8 Å². The van der Waals surface area contributed by atoms with Crippen LogP contribution in [0, 0.1) is 6.92 Å². The van der Waals surface area contributed by atoms with Gasteiger partial charge in [0.2, 0.25) is 0 Å². The van der Waals surface area contributed by atoms with Crippen LogP contribution in [0.15, 0.2) is 42.6 Å². The molecule has 3 nitrogen and oxygen atoms in total. The number of hydrogen-bond acceptors (Lipinski definition) is 2. The number of nitrogens with zero attached hydrogens (tertiary/aromatic N) is 2. The molecule has 0 atom stereocenters. The lowest BCUT2D eigenvalue weighted by Crippen LogP contribution is -2.27. The smallest absolute Gasteiger partial charge is 0.337 e. The molecule has 0 unspecified atom stereocenters. The van der Waals surface area contributed by atoms with Crippen LogP contribution in [0.3, 0.4) is 0 Å². The first kappa shape index (κ1) is 16.0. The fraction of sp³-hybridized carbons (Fsp3) is 0.250. The van der Waals surface area contributed by atoms with Crippen LogP contribution >= 0.6 is 0 Å². The highest BCUT2D eigenvalue weighted by Gasteiger charge is 2.33. The van der Waals surface area contributed by atoms with Gasteiger partial charge in [0.15, 0.2) is 0 Å². The Kier molecular flexibility index (Phi) is 4.49. The van der Waals surface area contributed by atoms with Crippen molar-refractivity contribution >= 4 is 5.91 Å². The van der Waals surface area contributed by atoms with Crippen molar-refractivity contribution in [3.05, 3.63) is 65.0 Å². The summed E-state index contributed by atoms with van der Waals surface area (Å²) in [6, 6.07) is 8.54. The second-order valence-corrected chi connectivity index (χ2v) is 5.00. The lowest BCUT2D eigenvalue weighted by Gasteiger charge is -2.20. The minimum Gasteiger partial charge on any atom is -0.337 e. The van der Waals surface area contributed by atoms with Gasteiger partial charge >= 0.3 is 6.18 Å². The number of hydrogen-bond donors (Lipinski definition) is 0. The number of carbonyl (C=O) groups excluding carboxylic acids is 1. The quantitative estimate of drug-likeness (QED) is 0.866. The fourth-order valence-electron chi connectivity index (χ4n) is 2.08. The Hall–Kier alpha value is -2.37. The number of carbonyl (C=O) groups is 1. The maximum atomic E-state index is 13.0. The van der Waals surface area contributed by atoms with Crippen LogP contribution in [-0.4, -0.2) is 22.8 Å². The average molecular weight is 308 g/mol. The number of aromatic nitrogens is 1. The summed E-state index contributed by atoms with van der Waals surface area (Å²) in [5, 5.41) is 0. The van der Waals surface area contributed by atoms with E-state index in [1.165, 1.54) is 36.3 Å². The molecule has 2 rings (SSSR count). The highest BCUT2D eigenvalue weighted by Crippen LogP contribution is 2.32. The zero-order valence-corrected chi connectivity index (χ0v) is 12.2. The molecule has 116 valence electrons. The zero-order chi connectivity index (χ0) is 16.3. The molecule has 0 aliphatic carbocycles. The third kappa shape index (κ3) is 3.63. The van der Waals surface area contributed by atoms with Gasteiger partial charge in [0.25, 0.3) is 5.91 Å². The molecule has 2 aromatic rings. The van der Waals surface area contributed by atoms with Crippen molar-refractivity contribution in [3.63, 3.8) is 0 Å². The van der Waals surface area contributed by atoms with Crippen LogP contribution in [0.5, 0.6) is 0 Å². The van der Waals surface area contributed by atoms with E-state index in [0.29, 0.717) is 5.56 Å². The highest BCUT2D eigenvalue weighted by atomic mass is 19.4. The molecule has 0 radical (unpaired) electrons. The molecule has 1 amide bonds. The Morgan fingerprint density at radius 2 is 1.86 bits per heavy atom.